The van der Waals surface area contributed by atoms with Crippen LogP contribution < -0.4 is 0 Å². The topological polar surface area (TPSA) is 58.2 Å². The Hall–Kier alpha value is -1.66. The first-order valence-electron chi connectivity index (χ1n) is 7.74. The van der Waals surface area contributed by atoms with E-state index in [2.05, 4.69) is 17.1 Å². The van der Waals surface area contributed by atoms with Crippen LogP contribution in [0.2, 0.25) is 0 Å². The zero-order chi connectivity index (χ0) is 15.4. The molecule has 1 fully saturated rings. The fraction of sp³-hybridized carbons (Fsp3) is 0.500. The number of carbonyl (C=O) groups excluding carboxylic acids is 1. The number of hydrogen-bond donors (Lipinski definition) is 1. The van der Waals surface area contributed by atoms with Crippen molar-refractivity contribution in [3.63, 3.8) is 0 Å². The molecular formula is C16H21N3O2S. The number of hydrogen-bond acceptors (Lipinski definition) is 4. The standard InChI is InChI=1S/C16H21N3O2S/c1-2-7-21-11-12-5-6-19(10-12)16(20)13-9-17-18-15(13)14-4-3-8-22-14/h3-4,8-9,12H,2,5-7,10-11H2,1H3,(H,17,18)/t12-/m0/s1. The molecule has 0 unspecified atom stereocenters. The zero-order valence-electron chi connectivity index (χ0n) is 12.7. The molecule has 1 N–H and O–H groups in total. The van der Waals surface area contributed by atoms with Gasteiger partial charge < -0.3 is 9.64 Å². The Labute approximate surface area is 134 Å². The van der Waals surface area contributed by atoms with Gasteiger partial charge in [-0.05, 0) is 24.3 Å². The van der Waals surface area contributed by atoms with Crippen molar-refractivity contribution in [1.82, 2.24) is 15.1 Å². The van der Waals surface area contributed by atoms with Gasteiger partial charge in [0.2, 0.25) is 0 Å². The van der Waals surface area contributed by atoms with Crippen molar-refractivity contribution >= 4 is 17.2 Å². The number of nitrogens with zero attached hydrogens (tertiary/aromatic N) is 2. The van der Waals surface area contributed by atoms with Crippen molar-refractivity contribution in [3.05, 3.63) is 29.3 Å². The van der Waals surface area contributed by atoms with E-state index in [-0.39, 0.29) is 5.91 Å². The number of rotatable bonds is 6. The molecule has 2 aromatic heterocycles. The van der Waals surface area contributed by atoms with Gasteiger partial charge in [-0.25, -0.2) is 0 Å². The van der Waals surface area contributed by atoms with Crippen LogP contribution >= 0.6 is 11.3 Å². The highest BCUT2D eigenvalue weighted by atomic mass is 32.1. The number of likely N-dealkylation sites (tertiary alicyclic amines) is 1. The molecule has 22 heavy (non-hydrogen) atoms. The molecule has 1 aliphatic heterocycles. The molecule has 0 aromatic carbocycles. The average molecular weight is 319 g/mol. The van der Waals surface area contributed by atoms with E-state index < -0.39 is 0 Å². The summed E-state index contributed by atoms with van der Waals surface area (Å²) in [5.41, 5.74) is 1.49. The Kier molecular flexibility index (Phi) is 4.90. The van der Waals surface area contributed by atoms with E-state index in [4.69, 9.17) is 4.74 Å². The molecule has 5 nitrogen and oxygen atoms in total. The minimum absolute atomic E-state index is 0.0649. The molecule has 3 rings (SSSR count). The van der Waals surface area contributed by atoms with Crippen LogP contribution in [0.25, 0.3) is 10.6 Å². The Morgan fingerprint density at radius 3 is 3.27 bits per heavy atom. The van der Waals surface area contributed by atoms with Crippen LogP contribution in [-0.2, 0) is 4.74 Å². The summed E-state index contributed by atoms with van der Waals surface area (Å²) in [5.74, 6) is 0.516. The third-order valence-corrected chi connectivity index (χ3v) is 4.80. The Bertz CT molecular complexity index is 609. The molecule has 1 saturated heterocycles. The normalized spacial score (nSPS) is 18.0. The van der Waals surface area contributed by atoms with Crippen LogP contribution in [0, 0.1) is 5.92 Å². The Morgan fingerprint density at radius 1 is 1.59 bits per heavy atom. The number of H-pyrrole nitrogens is 1. The van der Waals surface area contributed by atoms with E-state index in [1.54, 1.807) is 17.5 Å². The van der Waals surface area contributed by atoms with Gasteiger partial charge in [-0.3, -0.25) is 9.89 Å². The first kappa shape index (κ1) is 15.2. The van der Waals surface area contributed by atoms with E-state index in [9.17, 15) is 4.79 Å². The highest BCUT2D eigenvalue weighted by Crippen LogP contribution is 2.28. The molecule has 0 aliphatic carbocycles. The minimum atomic E-state index is 0.0649. The number of amides is 1. The number of ether oxygens (including phenoxy) is 1. The molecule has 1 aliphatic rings. The Balaban J connectivity index is 1.65. The largest absolute Gasteiger partial charge is 0.381 e. The summed E-state index contributed by atoms with van der Waals surface area (Å²) in [6, 6.07) is 3.98. The summed E-state index contributed by atoms with van der Waals surface area (Å²) in [7, 11) is 0. The van der Waals surface area contributed by atoms with Gasteiger partial charge in [0.05, 0.1) is 28.9 Å². The fourth-order valence-electron chi connectivity index (χ4n) is 2.77. The average Bonchev–Trinajstić information content (AvgIpc) is 3.26. The van der Waals surface area contributed by atoms with E-state index in [1.807, 2.05) is 22.4 Å². The van der Waals surface area contributed by atoms with E-state index in [0.29, 0.717) is 11.5 Å². The van der Waals surface area contributed by atoms with Gasteiger partial charge in [-0.1, -0.05) is 13.0 Å². The number of aromatic amines is 1. The van der Waals surface area contributed by atoms with E-state index in [1.165, 1.54) is 0 Å². The smallest absolute Gasteiger partial charge is 0.257 e. The summed E-state index contributed by atoms with van der Waals surface area (Å²) in [6.45, 7) is 5.23. The van der Waals surface area contributed by atoms with Gasteiger partial charge in [0.15, 0.2) is 0 Å². The van der Waals surface area contributed by atoms with Gasteiger partial charge >= 0.3 is 0 Å². The molecule has 0 spiro atoms. The van der Waals surface area contributed by atoms with Gasteiger partial charge in [-0.2, -0.15) is 5.10 Å². The van der Waals surface area contributed by atoms with Crippen LogP contribution in [0.1, 0.15) is 30.1 Å². The lowest BCUT2D eigenvalue weighted by molar-refractivity contribution is 0.0755. The predicted octanol–water partition coefficient (Wildman–Crippen LogP) is 3.03. The summed E-state index contributed by atoms with van der Waals surface area (Å²) in [5, 5.41) is 9.01. The molecule has 6 heteroatoms. The summed E-state index contributed by atoms with van der Waals surface area (Å²) < 4.78 is 5.61. The van der Waals surface area contributed by atoms with Gasteiger partial charge in [0.25, 0.3) is 5.91 Å². The van der Waals surface area contributed by atoms with Crippen molar-refractivity contribution in [3.8, 4) is 10.6 Å². The second-order valence-corrected chi connectivity index (χ2v) is 6.56. The summed E-state index contributed by atoms with van der Waals surface area (Å²) >= 11 is 1.61. The lowest BCUT2D eigenvalue weighted by atomic mass is 10.1. The van der Waals surface area contributed by atoms with Crippen molar-refractivity contribution in [2.45, 2.75) is 19.8 Å². The van der Waals surface area contributed by atoms with Crippen LogP contribution in [0.5, 0.6) is 0 Å². The van der Waals surface area contributed by atoms with E-state index >= 15 is 0 Å². The molecule has 0 radical (unpaired) electrons. The zero-order valence-corrected chi connectivity index (χ0v) is 13.6. The quantitative estimate of drug-likeness (QED) is 0.833. The van der Waals surface area contributed by atoms with Crippen molar-refractivity contribution in [1.29, 1.82) is 0 Å². The van der Waals surface area contributed by atoms with Gasteiger partial charge in [-0.15, -0.1) is 11.3 Å². The maximum absolute atomic E-state index is 12.7. The second-order valence-electron chi connectivity index (χ2n) is 5.62. The van der Waals surface area contributed by atoms with Gasteiger partial charge in [0.1, 0.15) is 0 Å². The molecule has 0 bridgehead atoms. The first-order chi connectivity index (χ1) is 10.8. The third kappa shape index (κ3) is 3.23. The minimum Gasteiger partial charge on any atom is -0.381 e. The SMILES string of the molecule is CCCOC[C@H]1CCN(C(=O)c2cn[nH]c2-c2cccs2)C1. The maximum atomic E-state index is 12.7. The number of carbonyl (C=O) groups is 1. The van der Waals surface area contributed by atoms with Gasteiger partial charge in [0, 0.05) is 25.6 Å². The first-order valence-corrected chi connectivity index (χ1v) is 8.61. The highest BCUT2D eigenvalue weighted by Gasteiger charge is 2.29. The number of thiophene rings is 1. The second kappa shape index (κ2) is 7.07. The fourth-order valence-corrected chi connectivity index (χ4v) is 3.51. The number of aromatic nitrogens is 2. The van der Waals surface area contributed by atoms with Crippen LogP contribution in [0.4, 0.5) is 0 Å². The van der Waals surface area contributed by atoms with Crippen LogP contribution in [0.3, 0.4) is 0 Å². The van der Waals surface area contributed by atoms with E-state index in [0.717, 1.165) is 49.7 Å². The third-order valence-electron chi connectivity index (χ3n) is 3.91. The molecule has 2 aromatic rings. The molecule has 1 amide bonds. The molecule has 3 heterocycles. The summed E-state index contributed by atoms with van der Waals surface area (Å²) in [4.78, 5) is 15.7. The van der Waals surface area contributed by atoms with Crippen LogP contribution in [0.15, 0.2) is 23.7 Å². The van der Waals surface area contributed by atoms with Crippen molar-refractivity contribution in [2.75, 3.05) is 26.3 Å². The maximum Gasteiger partial charge on any atom is 0.257 e. The number of nitrogens with one attached hydrogen (secondary N) is 1. The molecule has 0 saturated carbocycles. The van der Waals surface area contributed by atoms with Crippen molar-refractivity contribution in [2.24, 2.45) is 5.92 Å². The lowest BCUT2D eigenvalue weighted by Gasteiger charge is -2.16. The highest BCUT2D eigenvalue weighted by molar-refractivity contribution is 7.13. The summed E-state index contributed by atoms with van der Waals surface area (Å²) in [6.07, 6.45) is 3.69. The van der Waals surface area contributed by atoms with Crippen LogP contribution in [-0.4, -0.2) is 47.3 Å². The molecule has 1 atom stereocenters. The molecule has 118 valence electrons. The Morgan fingerprint density at radius 2 is 2.50 bits per heavy atom. The molecular weight excluding hydrogens is 298 g/mol. The predicted molar refractivity (Wildman–Crippen MR) is 87.0 cm³/mol. The van der Waals surface area contributed by atoms with Crippen molar-refractivity contribution < 1.29 is 9.53 Å². The monoisotopic (exact) mass is 319 g/mol. The lowest BCUT2D eigenvalue weighted by Crippen LogP contribution is -2.29.